The first-order chi connectivity index (χ1) is 7.23. The minimum Gasteiger partial charge on any atom is -0.395 e. The van der Waals surface area contributed by atoms with Crippen LogP contribution in [-0.4, -0.2) is 41.2 Å². The zero-order valence-electron chi connectivity index (χ0n) is 10.8. The van der Waals surface area contributed by atoms with E-state index < -0.39 is 6.04 Å². The summed E-state index contributed by atoms with van der Waals surface area (Å²) in [4.78, 5) is 11.8. The standard InChI is InChI=1S/C11H24N2O2S/c1-7(8(6-14)16-5)13-10(15)9(12)11(2,3)4/h7-9,14H,6,12H2,1-5H3,(H,13,15). The van der Waals surface area contributed by atoms with Crippen LogP contribution in [0.25, 0.3) is 0 Å². The third-order valence-corrected chi connectivity index (χ3v) is 3.79. The lowest BCUT2D eigenvalue weighted by molar-refractivity contribution is -0.125. The minimum atomic E-state index is -0.531. The van der Waals surface area contributed by atoms with E-state index in [1.807, 2.05) is 34.0 Å². The first-order valence-electron chi connectivity index (χ1n) is 5.43. The molecule has 0 aliphatic rings. The average molecular weight is 248 g/mol. The zero-order chi connectivity index (χ0) is 12.9. The highest BCUT2D eigenvalue weighted by atomic mass is 32.2. The molecule has 0 aromatic rings. The van der Waals surface area contributed by atoms with Crippen molar-refractivity contribution in [3.63, 3.8) is 0 Å². The first kappa shape index (κ1) is 15.7. The van der Waals surface area contributed by atoms with Crippen LogP contribution in [0.1, 0.15) is 27.7 Å². The maximum atomic E-state index is 11.8. The van der Waals surface area contributed by atoms with E-state index in [0.29, 0.717) is 0 Å². The van der Waals surface area contributed by atoms with Crippen LogP contribution in [0.15, 0.2) is 0 Å². The van der Waals surface area contributed by atoms with Crippen LogP contribution in [0, 0.1) is 5.41 Å². The molecular formula is C11H24N2O2S. The lowest BCUT2D eigenvalue weighted by Gasteiger charge is -2.29. The molecular weight excluding hydrogens is 224 g/mol. The summed E-state index contributed by atoms with van der Waals surface area (Å²) in [6.45, 7) is 7.72. The highest BCUT2D eigenvalue weighted by molar-refractivity contribution is 7.99. The molecule has 5 heteroatoms. The van der Waals surface area contributed by atoms with Gasteiger partial charge in [-0.1, -0.05) is 20.8 Å². The van der Waals surface area contributed by atoms with E-state index in [4.69, 9.17) is 10.8 Å². The monoisotopic (exact) mass is 248 g/mol. The molecule has 96 valence electrons. The largest absolute Gasteiger partial charge is 0.395 e. The molecule has 3 atom stereocenters. The van der Waals surface area contributed by atoms with Crippen LogP contribution < -0.4 is 11.1 Å². The van der Waals surface area contributed by atoms with Crippen LogP contribution in [0.2, 0.25) is 0 Å². The van der Waals surface area contributed by atoms with E-state index in [-0.39, 0.29) is 29.2 Å². The number of hydrogen-bond donors (Lipinski definition) is 3. The quantitative estimate of drug-likeness (QED) is 0.665. The fourth-order valence-electron chi connectivity index (χ4n) is 1.24. The molecule has 0 bridgehead atoms. The molecule has 0 heterocycles. The minimum absolute atomic E-state index is 0.0103. The Labute approximate surface area is 102 Å². The summed E-state index contributed by atoms with van der Waals surface area (Å²) in [6, 6.07) is -0.614. The van der Waals surface area contributed by atoms with Crippen molar-refractivity contribution in [1.82, 2.24) is 5.32 Å². The number of aliphatic hydroxyl groups excluding tert-OH is 1. The summed E-state index contributed by atoms with van der Waals surface area (Å²) >= 11 is 1.53. The van der Waals surface area contributed by atoms with Gasteiger partial charge in [-0.25, -0.2) is 0 Å². The Bertz CT molecular complexity index is 225. The maximum absolute atomic E-state index is 11.8. The Balaban J connectivity index is 4.34. The van der Waals surface area contributed by atoms with E-state index in [2.05, 4.69) is 5.32 Å². The van der Waals surface area contributed by atoms with Gasteiger partial charge in [0.1, 0.15) is 0 Å². The van der Waals surface area contributed by atoms with Gasteiger partial charge in [-0.05, 0) is 18.6 Å². The zero-order valence-corrected chi connectivity index (χ0v) is 11.6. The van der Waals surface area contributed by atoms with Gasteiger partial charge in [-0.2, -0.15) is 11.8 Å². The maximum Gasteiger partial charge on any atom is 0.237 e. The van der Waals surface area contributed by atoms with Crippen molar-refractivity contribution >= 4 is 17.7 Å². The second kappa shape index (κ2) is 6.47. The van der Waals surface area contributed by atoms with Gasteiger partial charge in [-0.15, -0.1) is 0 Å². The molecule has 0 radical (unpaired) electrons. The molecule has 0 spiro atoms. The molecule has 0 aliphatic carbocycles. The van der Waals surface area contributed by atoms with Crippen molar-refractivity contribution in [3.8, 4) is 0 Å². The highest BCUT2D eigenvalue weighted by Crippen LogP contribution is 2.18. The van der Waals surface area contributed by atoms with Crippen molar-refractivity contribution in [2.75, 3.05) is 12.9 Å². The number of hydrogen-bond acceptors (Lipinski definition) is 4. The van der Waals surface area contributed by atoms with Gasteiger partial charge >= 0.3 is 0 Å². The number of aliphatic hydroxyl groups is 1. The summed E-state index contributed by atoms with van der Waals surface area (Å²) < 4.78 is 0. The third kappa shape index (κ3) is 4.72. The number of nitrogens with one attached hydrogen (secondary N) is 1. The number of rotatable bonds is 5. The van der Waals surface area contributed by atoms with Crippen molar-refractivity contribution in [2.24, 2.45) is 11.1 Å². The molecule has 4 nitrogen and oxygen atoms in total. The number of nitrogens with two attached hydrogens (primary N) is 1. The second-order valence-corrected chi connectivity index (χ2v) is 6.17. The fraction of sp³-hybridized carbons (Fsp3) is 0.909. The molecule has 0 aliphatic heterocycles. The van der Waals surface area contributed by atoms with Gasteiger partial charge in [0.25, 0.3) is 0 Å². The summed E-state index contributed by atoms with van der Waals surface area (Å²) in [5.74, 6) is -0.160. The predicted molar refractivity (Wildman–Crippen MR) is 69.4 cm³/mol. The van der Waals surface area contributed by atoms with Crippen LogP contribution in [-0.2, 0) is 4.79 Å². The van der Waals surface area contributed by atoms with Crippen LogP contribution >= 0.6 is 11.8 Å². The highest BCUT2D eigenvalue weighted by Gasteiger charge is 2.29. The Morgan fingerprint density at radius 1 is 1.50 bits per heavy atom. The molecule has 4 N–H and O–H groups in total. The summed E-state index contributed by atoms with van der Waals surface area (Å²) in [5, 5.41) is 12.0. The summed E-state index contributed by atoms with van der Waals surface area (Å²) in [5.41, 5.74) is 5.59. The van der Waals surface area contributed by atoms with Gasteiger partial charge in [0, 0.05) is 11.3 Å². The Hall–Kier alpha value is -0.260. The lowest BCUT2D eigenvalue weighted by Crippen LogP contribution is -2.53. The van der Waals surface area contributed by atoms with E-state index >= 15 is 0 Å². The predicted octanol–water partition coefficient (Wildman–Crippen LogP) is 0.588. The van der Waals surface area contributed by atoms with E-state index in [1.54, 1.807) is 0 Å². The smallest absolute Gasteiger partial charge is 0.237 e. The van der Waals surface area contributed by atoms with E-state index in [0.717, 1.165) is 0 Å². The van der Waals surface area contributed by atoms with Crippen molar-refractivity contribution < 1.29 is 9.90 Å². The van der Waals surface area contributed by atoms with Gasteiger partial charge < -0.3 is 16.2 Å². The second-order valence-electron chi connectivity index (χ2n) is 5.10. The average Bonchev–Trinajstić information content (AvgIpc) is 2.16. The molecule has 0 rings (SSSR count). The molecule has 0 saturated carbocycles. The molecule has 3 unspecified atom stereocenters. The number of carbonyl (C=O) groups excluding carboxylic acids is 1. The first-order valence-corrected chi connectivity index (χ1v) is 6.72. The number of amides is 1. The number of thioether (sulfide) groups is 1. The third-order valence-electron chi connectivity index (χ3n) is 2.63. The van der Waals surface area contributed by atoms with Gasteiger partial charge in [0.15, 0.2) is 0 Å². The molecule has 1 amide bonds. The number of carbonyl (C=O) groups is 1. The Morgan fingerprint density at radius 3 is 2.31 bits per heavy atom. The topological polar surface area (TPSA) is 75.3 Å². The SMILES string of the molecule is CSC(CO)C(C)NC(=O)C(N)C(C)(C)C. The molecule has 16 heavy (non-hydrogen) atoms. The van der Waals surface area contributed by atoms with Gasteiger partial charge in [-0.3, -0.25) is 4.79 Å². The summed E-state index contributed by atoms with van der Waals surface area (Å²) in [7, 11) is 0. The summed E-state index contributed by atoms with van der Waals surface area (Å²) in [6.07, 6.45) is 1.91. The Morgan fingerprint density at radius 2 is 2.00 bits per heavy atom. The normalized spacial score (nSPS) is 17.7. The molecule has 0 aromatic carbocycles. The van der Waals surface area contributed by atoms with Crippen LogP contribution in [0.4, 0.5) is 0 Å². The van der Waals surface area contributed by atoms with Crippen LogP contribution in [0.3, 0.4) is 0 Å². The van der Waals surface area contributed by atoms with E-state index in [1.165, 1.54) is 11.8 Å². The van der Waals surface area contributed by atoms with Crippen LogP contribution in [0.5, 0.6) is 0 Å². The van der Waals surface area contributed by atoms with Crippen molar-refractivity contribution in [1.29, 1.82) is 0 Å². The fourth-order valence-corrected chi connectivity index (χ4v) is 1.86. The van der Waals surface area contributed by atoms with Crippen molar-refractivity contribution in [3.05, 3.63) is 0 Å². The van der Waals surface area contributed by atoms with Gasteiger partial charge in [0.2, 0.25) is 5.91 Å². The molecule has 0 aromatic heterocycles. The van der Waals surface area contributed by atoms with Crippen molar-refractivity contribution in [2.45, 2.75) is 45.0 Å². The lowest BCUT2D eigenvalue weighted by atomic mass is 9.87. The van der Waals surface area contributed by atoms with Gasteiger partial charge in [0.05, 0.1) is 12.6 Å². The molecule has 0 saturated heterocycles. The van der Waals surface area contributed by atoms with E-state index in [9.17, 15) is 4.79 Å². The molecule has 0 fully saturated rings. The Kier molecular flexibility index (Phi) is 6.36.